The summed E-state index contributed by atoms with van der Waals surface area (Å²) in [5.41, 5.74) is -1.57. The van der Waals surface area contributed by atoms with Crippen molar-refractivity contribution in [3.05, 3.63) is 22.7 Å². The predicted octanol–water partition coefficient (Wildman–Crippen LogP) is 2.12. The molecule has 1 aromatic carbocycles. The van der Waals surface area contributed by atoms with E-state index in [0.717, 1.165) is 0 Å². The van der Waals surface area contributed by atoms with E-state index in [1.54, 1.807) is 6.07 Å². The second-order valence-corrected chi connectivity index (χ2v) is 5.29. The molecule has 0 amide bonds. The standard InChI is InChI=1S/C11H11ClO4S/c1-16-8-5-6(12)4-7-9(8)17-3-2-11(7,15)10(13)14/h4-5,15H,2-3H2,1H3,(H,13,14). The number of hydrogen-bond acceptors (Lipinski definition) is 4. The van der Waals surface area contributed by atoms with Crippen molar-refractivity contribution < 1.29 is 19.7 Å². The number of carboxylic acid groups (broad SMARTS) is 1. The molecular formula is C11H11ClO4S. The fraction of sp³-hybridized carbons (Fsp3) is 0.364. The molecule has 0 fully saturated rings. The molecule has 1 unspecified atom stereocenters. The minimum absolute atomic E-state index is 0.156. The van der Waals surface area contributed by atoms with Crippen molar-refractivity contribution in [2.45, 2.75) is 16.9 Å². The Morgan fingerprint density at radius 3 is 2.88 bits per heavy atom. The predicted molar refractivity (Wildman–Crippen MR) is 64.9 cm³/mol. The maximum absolute atomic E-state index is 11.2. The lowest BCUT2D eigenvalue weighted by Gasteiger charge is -2.31. The van der Waals surface area contributed by atoms with Crippen LogP contribution in [0.25, 0.3) is 0 Å². The Balaban J connectivity index is 2.66. The molecular weight excluding hydrogens is 264 g/mol. The second-order valence-electron chi connectivity index (χ2n) is 3.75. The summed E-state index contributed by atoms with van der Waals surface area (Å²) in [5, 5.41) is 19.7. The molecule has 0 aliphatic carbocycles. The average molecular weight is 275 g/mol. The number of benzene rings is 1. The highest BCUT2D eigenvalue weighted by molar-refractivity contribution is 7.99. The molecule has 0 bridgehead atoms. The molecule has 1 aromatic rings. The first-order valence-corrected chi connectivity index (χ1v) is 6.32. The van der Waals surface area contributed by atoms with E-state index in [2.05, 4.69) is 0 Å². The van der Waals surface area contributed by atoms with Crippen molar-refractivity contribution >= 4 is 29.3 Å². The van der Waals surface area contributed by atoms with Gasteiger partial charge in [0.15, 0.2) is 5.60 Å². The van der Waals surface area contributed by atoms with Crippen LogP contribution in [0.3, 0.4) is 0 Å². The smallest absolute Gasteiger partial charge is 0.340 e. The van der Waals surface area contributed by atoms with Gasteiger partial charge in [0.25, 0.3) is 0 Å². The van der Waals surface area contributed by atoms with Gasteiger partial charge in [0.2, 0.25) is 0 Å². The Kier molecular flexibility index (Phi) is 3.25. The fourth-order valence-electron chi connectivity index (χ4n) is 1.83. The van der Waals surface area contributed by atoms with Crippen LogP contribution in [0.4, 0.5) is 0 Å². The van der Waals surface area contributed by atoms with E-state index in [1.165, 1.54) is 24.9 Å². The third kappa shape index (κ3) is 1.99. The zero-order chi connectivity index (χ0) is 12.6. The molecule has 92 valence electrons. The lowest BCUT2D eigenvalue weighted by molar-refractivity contribution is -0.160. The molecule has 1 heterocycles. The van der Waals surface area contributed by atoms with Crippen LogP contribution >= 0.6 is 23.4 Å². The van der Waals surface area contributed by atoms with Crippen molar-refractivity contribution in [2.24, 2.45) is 0 Å². The monoisotopic (exact) mass is 274 g/mol. The Bertz CT molecular complexity index is 477. The number of aliphatic hydroxyl groups is 1. The first-order valence-electron chi connectivity index (χ1n) is 4.95. The van der Waals surface area contributed by atoms with Crippen LogP contribution in [-0.4, -0.2) is 29.0 Å². The molecule has 1 atom stereocenters. The van der Waals surface area contributed by atoms with Gasteiger partial charge in [-0.1, -0.05) is 11.6 Å². The number of ether oxygens (including phenoxy) is 1. The summed E-state index contributed by atoms with van der Waals surface area (Å²) >= 11 is 7.36. The van der Waals surface area contributed by atoms with Gasteiger partial charge in [0.05, 0.1) is 12.0 Å². The normalized spacial score (nSPS) is 23.0. The molecule has 0 saturated heterocycles. The number of rotatable bonds is 2. The van der Waals surface area contributed by atoms with Crippen LogP contribution in [0.5, 0.6) is 5.75 Å². The van der Waals surface area contributed by atoms with Crippen LogP contribution < -0.4 is 4.74 Å². The molecule has 0 saturated carbocycles. The van der Waals surface area contributed by atoms with Gasteiger partial charge in [-0.2, -0.15) is 0 Å². The first kappa shape index (κ1) is 12.5. The molecule has 2 N–H and O–H groups in total. The van der Waals surface area contributed by atoms with Crippen molar-refractivity contribution in [2.75, 3.05) is 12.9 Å². The number of thioether (sulfide) groups is 1. The fourth-order valence-corrected chi connectivity index (χ4v) is 3.31. The third-order valence-electron chi connectivity index (χ3n) is 2.75. The number of fused-ring (bicyclic) bond motifs is 1. The average Bonchev–Trinajstić information content (AvgIpc) is 2.29. The Labute approximate surface area is 108 Å². The highest BCUT2D eigenvalue weighted by atomic mass is 35.5. The van der Waals surface area contributed by atoms with Crippen LogP contribution in [0.2, 0.25) is 5.02 Å². The van der Waals surface area contributed by atoms with E-state index in [9.17, 15) is 9.90 Å². The highest BCUT2D eigenvalue weighted by Crippen LogP contribution is 2.46. The third-order valence-corrected chi connectivity index (χ3v) is 4.09. The van der Waals surface area contributed by atoms with Gasteiger partial charge >= 0.3 is 5.97 Å². The molecule has 6 heteroatoms. The van der Waals surface area contributed by atoms with Crippen LogP contribution in [0, 0.1) is 0 Å². The van der Waals surface area contributed by atoms with Gasteiger partial charge in [-0.05, 0) is 12.1 Å². The van der Waals surface area contributed by atoms with E-state index in [1.807, 2.05) is 0 Å². The molecule has 4 nitrogen and oxygen atoms in total. The number of carbonyl (C=O) groups is 1. The minimum Gasteiger partial charge on any atom is -0.496 e. The second kappa shape index (κ2) is 4.40. The van der Waals surface area contributed by atoms with E-state index in [4.69, 9.17) is 21.4 Å². The SMILES string of the molecule is COc1cc(Cl)cc2c1SCCC2(O)C(=O)O. The first-order chi connectivity index (χ1) is 7.99. The summed E-state index contributed by atoms with van der Waals surface area (Å²) in [6.45, 7) is 0. The summed E-state index contributed by atoms with van der Waals surface area (Å²) in [4.78, 5) is 11.9. The van der Waals surface area contributed by atoms with E-state index in [0.29, 0.717) is 27.0 Å². The van der Waals surface area contributed by atoms with E-state index >= 15 is 0 Å². The summed E-state index contributed by atoms with van der Waals surface area (Å²) in [6, 6.07) is 3.10. The largest absolute Gasteiger partial charge is 0.496 e. The molecule has 2 rings (SSSR count). The number of carboxylic acids is 1. The van der Waals surface area contributed by atoms with Crippen molar-refractivity contribution in [3.63, 3.8) is 0 Å². The zero-order valence-corrected chi connectivity index (χ0v) is 10.6. The number of halogens is 1. The van der Waals surface area contributed by atoms with Crippen molar-refractivity contribution in [3.8, 4) is 5.75 Å². The molecule has 0 radical (unpaired) electrons. The maximum atomic E-state index is 11.2. The summed E-state index contributed by atoms with van der Waals surface area (Å²) < 4.78 is 5.16. The highest BCUT2D eigenvalue weighted by Gasteiger charge is 2.43. The van der Waals surface area contributed by atoms with E-state index in [-0.39, 0.29) is 6.42 Å². The molecule has 1 aliphatic rings. The van der Waals surface area contributed by atoms with Gasteiger partial charge < -0.3 is 14.9 Å². The Hall–Kier alpha value is -0.910. The van der Waals surface area contributed by atoms with Gasteiger partial charge in [0, 0.05) is 22.8 Å². The quantitative estimate of drug-likeness (QED) is 0.865. The summed E-state index contributed by atoms with van der Waals surface area (Å²) in [6.07, 6.45) is 0.156. The molecule has 0 spiro atoms. The maximum Gasteiger partial charge on any atom is 0.340 e. The Morgan fingerprint density at radius 1 is 1.59 bits per heavy atom. The summed E-state index contributed by atoms with van der Waals surface area (Å²) in [5.74, 6) is -0.242. The minimum atomic E-state index is -1.88. The lowest BCUT2D eigenvalue weighted by Crippen LogP contribution is -2.38. The Morgan fingerprint density at radius 2 is 2.29 bits per heavy atom. The molecule has 1 aliphatic heterocycles. The van der Waals surface area contributed by atoms with Gasteiger partial charge in [-0.25, -0.2) is 4.79 Å². The number of aliphatic carboxylic acids is 1. The van der Waals surface area contributed by atoms with Gasteiger partial charge in [-0.3, -0.25) is 0 Å². The topological polar surface area (TPSA) is 66.8 Å². The van der Waals surface area contributed by atoms with E-state index < -0.39 is 11.6 Å². The van der Waals surface area contributed by atoms with Crippen molar-refractivity contribution in [1.82, 2.24) is 0 Å². The van der Waals surface area contributed by atoms with Crippen LogP contribution in [0.15, 0.2) is 17.0 Å². The van der Waals surface area contributed by atoms with Gasteiger partial charge in [0.1, 0.15) is 5.75 Å². The van der Waals surface area contributed by atoms with Crippen molar-refractivity contribution in [1.29, 1.82) is 0 Å². The number of hydrogen-bond donors (Lipinski definition) is 2. The molecule has 0 aromatic heterocycles. The van der Waals surface area contributed by atoms with Crippen LogP contribution in [-0.2, 0) is 10.4 Å². The summed E-state index contributed by atoms with van der Waals surface area (Å²) in [7, 11) is 1.49. The zero-order valence-electron chi connectivity index (χ0n) is 9.07. The van der Waals surface area contributed by atoms with Crippen LogP contribution in [0.1, 0.15) is 12.0 Å². The number of methoxy groups -OCH3 is 1. The lowest BCUT2D eigenvalue weighted by atomic mass is 9.90. The molecule has 17 heavy (non-hydrogen) atoms. The van der Waals surface area contributed by atoms with Gasteiger partial charge in [-0.15, -0.1) is 11.8 Å².